The monoisotopic (exact) mass is 234 g/mol. The molecule has 0 aromatic carbocycles. The van der Waals surface area contributed by atoms with Crippen LogP contribution in [-0.4, -0.2) is 11.9 Å². The normalized spacial score (nSPS) is 24.2. The van der Waals surface area contributed by atoms with Crippen molar-refractivity contribution >= 4 is 5.91 Å². The van der Waals surface area contributed by atoms with Crippen molar-refractivity contribution in [3.63, 3.8) is 0 Å². The van der Waals surface area contributed by atoms with Crippen LogP contribution >= 0.6 is 0 Å². The van der Waals surface area contributed by atoms with Gasteiger partial charge in [0.25, 0.3) is 0 Å². The minimum absolute atomic E-state index is 0.125. The van der Waals surface area contributed by atoms with Crippen molar-refractivity contribution in [1.29, 1.82) is 5.26 Å². The number of amides is 1. The number of carbonyl (C=O) groups excluding carboxylic acids is 1. The van der Waals surface area contributed by atoms with Gasteiger partial charge in [-0.2, -0.15) is 5.26 Å². The Balaban J connectivity index is 1.85. The molecule has 2 fully saturated rings. The van der Waals surface area contributed by atoms with E-state index in [-0.39, 0.29) is 17.9 Å². The molecule has 0 radical (unpaired) electrons. The molecule has 0 aromatic heterocycles. The third-order valence-corrected chi connectivity index (χ3v) is 4.28. The Morgan fingerprint density at radius 2 is 1.65 bits per heavy atom. The number of hydrogen-bond acceptors (Lipinski definition) is 2. The lowest BCUT2D eigenvalue weighted by Crippen LogP contribution is -2.42. The highest BCUT2D eigenvalue weighted by Gasteiger charge is 2.29. The molecule has 1 N–H and O–H groups in total. The SMILES string of the molecule is N#CC(NC(=O)C1CCCC1)C1CCCCC1. The summed E-state index contributed by atoms with van der Waals surface area (Å²) in [6.07, 6.45) is 10.3. The molecule has 0 saturated heterocycles. The Kier molecular flexibility index (Phi) is 4.42. The van der Waals surface area contributed by atoms with Crippen LogP contribution in [0.15, 0.2) is 0 Å². The van der Waals surface area contributed by atoms with Gasteiger partial charge in [-0.05, 0) is 31.6 Å². The third kappa shape index (κ3) is 3.21. The first-order valence-electron chi connectivity index (χ1n) is 7.01. The van der Waals surface area contributed by atoms with Crippen LogP contribution in [0.3, 0.4) is 0 Å². The van der Waals surface area contributed by atoms with Gasteiger partial charge in [0.15, 0.2) is 0 Å². The quantitative estimate of drug-likeness (QED) is 0.816. The summed E-state index contributed by atoms with van der Waals surface area (Å²) in [6.45, 7) is 0. The maximum absolute atomic E-state index is 12.0. The summed E-state index contributed by atoms with van der Waals surface area (Å²) in [4.78, 5) is 12.0. The molecule has 0 aliphatic heterocycles. The van der Waals surface area contributed by atoms with Crippen LogP contribution in [0.25, 0.3) is 0 Å². The van der Waals surface area contributed by atoms with Crippen molar-refractivity contribution in [1.82, 2.24) is 5.32 Å². The average Bonchev–Trinajstić information content (AvgIpc) is 2.90. The van der Waals surface area contributed by atoms with Crippen LogP contribution in [0.2, 0.25) is 0 Å². The van der Waals surface area contributed by atoms with Crippen molar-refractivity contribution in [3.8, 4) is 6.07 Å². The van der Waals surface area contributed by atoms with Gasteiger partial charge in [0, 0.05) is 5.92 Å². The summed E-state index contributed by atoms with van der Waals surface area (Å²) in [5, 5.41) is 12.2. The molecular formula is C14H22N2O. The second kappa shape index (κ2) is 6.05. The van der Waals surface area contributed by atoms with E-state index in [2.05, 4.69) is 11.4 Å². The van der Waals surface area contributed by atoms with Crippen LogP contribution in [0, 0.1) is 23.2 Å². The zero-order chi connectivity index (χ0) is 12.1. The van der Waals surface area contributed by atoms with E-state index in [9.17, 15) is 10.1 Å². The highest BCUT2D eigenvalue weighted by molar-refractivity contribution is 5.79. The van der Waals surface area contributed by atoms with Crippen molar-refractivity contribution in [2.75, 3.05) is 0 Å². The largest absolute Gasteiger partial charge is 0.340 e. The van der Waals surface area contributed by atoms with Gasteiger partial charge in [-0.15, -0.1) is 0 Å². The number of rotatable bonds is 3. The fourth-order valence-corrected chi connectivity index (χ4v) is 3.18. The molecule has 3 nitrogen and oxygen atoms in total. The van der Waals surface area contributed by atoms with Crippen molar-refractivity contribution < 1.29 is 4.79 Å². The Morgan fingerprint density at radius 3 is 2.24 bits per heavy atom. The fourth-order valence-electron chi connectivity index (χ4n) is 3.18. The number of nitrogens with one attached hydrogen (secondary N) is 1. The molecule has 94 valence electrons. The zero-order valence-corrected chi connectivity index (χ0v) is 10.5. The second-order valence-electron chi connectivity index (χ2n) is 5.49. The third-order valence-electron chi connectivity index (χ3n) is 4.28. The molecular weight excluding hydrogens is 212 g/mol. The Bertz CT molecular complexity index is 296. The van der Waals surface area contributed by atoms with E-state index in [1.165, 1.54) is 32.1 Å². The van der Waals surface area contributed by atoms with Gasteiger partial charge in [-0.25, -0.2) is 0 Å². The lowest BCUT2D eigenvalue weighted by Gasteiger charge is -2.27. The number of carbonyl (C=O) groups is 1. The van der Waals surface area contributed by atoms with Crippen molar-refractivity contribution in [2.45, 2.75) is 63.8 Å². The summed E-state index contributed by atoms with van der Waals surface area (Å²) in [5.74, 6) is 0.688. The summed E-state index contributed by atoms with van der Waals surface area (Å²) >= 11 is 0. The average molecular weight is 234 g/mol. The smallest absolute Gasteiger partial charge is 0.224 e. The summed E-state index contributed by atoms with van der Waals surface area (Å²) < 4.78 is 0. The van der Waals surface area contributed by atoms with Gasteiger partial charge in [0.2, 0.25) is 5.91 Å². The highest BCUT2D eigenvalue weighted by atomic mass is 16.1. The van der Waals surface area contributed by atoms with Gasteiger partial charge >= 0.3 is 0 Å². The fraction of sp³-hybridized carbons (Fsp3) is 0.857. The number of nitrogens with zero attached hydrogens (tertiary/aromatic N) is 1. The van der Waals surface area contributed by atoms with E-state index < -0.39 is 0 Å². The predicted molar refractivity (Wildman–Crippen MR) is 66.1 cm³/mol. The molecule has 0 heterocycles. The van der Waals surface area contributed by atoms with Gasteiger partial charge in [-0.3, -0.25) is 4.79 Å². The Hall–Kier alpha value is -1.04. The van der Waals surface area contributed by atoms with Crippen LogP contribution in [0.4, 0.5) is 0 Å². The first kappa shape index (κ1) is 12.4. The molecule has 2 aliphatic carbocycles. The molecule has 2 rings (SSSR count). The van der Waals surface area contributed by atoms with Crippen molar-refractivity contribution in [3.05, 3.63) is 0 Å². The number of nitriles is 1. The predicted octanol–water partition coefficient (Wildman–Crippen LogP) is 2.77. The minimum Gasteiger partial charge on any atom is -0.340 e. The zero-order valence-electron chi connectivity index (χ0n) is 10.5. The summed E-state index contributed by atoms with van der Waals surface area (Å²) in [6, 6.07) is 2.05. The topological polar surface area (TPSA) is 52.9 Å². The molecule has 1 amide bonds. The van der Waals surface area contributed by atoms with Crippen molar-refractivity contribution in [2.24, 2.45) is 11.8 Å². The Morgan fingerprint density at radius 1 is 1.06 bits per heavy atom. The standard InChI is InChI=1S/C14H22N2O/c15-10-13(11-6-2-1-3-7-11)16-14(17)12-8-4-5-9-12/h11-13H,1-9H2,(H,16,17). The molecule has 2 saturated carbocycles. The number of hydrogen-bond donors (Lipinski definition) is 1. The first-order valence-corrected chi connectivity index (χ1v) is 7.01. The lowest BCUT2D eigenvalue weighted by atomic mass is 9.84. The summed E-state index contributed by atoms with van der Waals surface area (Å²) in [7, 11) is 0. The van der Waals surface area contributed by atoms with E-state index in [1.54, 1.807) is 0 Å². The second-order valence-corrected chi connectivity index (χ2v) is 5.49. The summed E-state index contributed by atoms with van der Waals surface area (Å²) in [5.41, 5.74) is 0. The molecule has 1 atom stereocenters. The first-order chi connectivity index (χ1) is 8.31. The van der Waals surface area contributed by atoms with Crippen LogP contribution in [0.5, 0.6) is 0 Å². The van der Waals surface area contributed by atoms with E-state index >= 15 is 0 Å². The minimum atomic E-state index is -0.247. The Labute approximate surface area is 104 Å². The maximum atomic E-state index is 12.0. The lowest BCUT2D eigenvalue weighted by molar-refractivity contribution is -0.125. The van der Waals surface area contributed by atoms with E-state index in [4.69, 9.17) is 0 Å². The van der Waals surface area contributed by atoms with Crippen LogP contribution < -0.4 is 5.32 Å². The molecule has 1 unspecified atom stereocenters. The highest BCUT2D eigenvalue weighted by Crippen LogP contribution is 2.28. The van der Waals surface area contributed by atoms with E-state index in [1.807, 2.05) is 0 Å². The molecule has 0 spiro atoms. The van der Waals surface area contributed by atoms with Gasteiger partial charge in [-0.1, -0.05) is 32.1 Å². The van der Waals surface area contributed by atoms with Crippen LogP contribution in [-0.2, 0) is 4.79 Å². The molecule has 17 heavy (non-hydrogen) atoms. The molecule has 3 heteroatoms. The molecule has 0 bridgehead atoms. The van der Waals surface area contributed by atoms with Crippen LogP contribution in [0.1, 0.15) is 57.8 Å². The van der Waals surface area contributed by atoms with Gasteiger partial charge in [0.1, 0.15) is 6.04 Å². The molecule has 2 aliphatic rings. The van der Waals surface area contributed by atoms with E-state index in [0.29, 0.717) is 5.92 Å². The maximum Gasteiger partial charge on any atom is 0.224 e. The van der Waals surface area contributed by atoms with E-state index in [0.717, 1.165) is 25.7 Å². The van der Waals surface area contributed by atoms with Gasteiger partial charge < -0.3 is 5.32 Å². The van der Waals surface area contributed by atoms with Gasteiger partial charge in [0.05, 0.1) is 6.07 Å². The molecule has 0 aromatic rings.